The van der Waals surface area contributed by atoms with Gasteiger partial charge in [-0.3, -0.25) is 14.9 Å². The molecule has 2 aromatic heterocycles. The van der Waals surface area contributed by atoms with Gasteiger partial charge in [0.1, 0.15) is 11.0 Å². The van der Waals surface area contributed by atoms with E-state index in [9.17, 15) is 9.59 Å². The number of fused-ring (bicyclic) bond motifs is 1. The molecule has 4 aromatic rings. The first kappa shape index (κ1) is 18.5. The molecule has 30 heavy (non-hydrogen) atoms. The Morgan fingerprint density at radius 2 is 1.93 bits per heavy atom. The topological polar surface area (TPSA) is 91.0 Å². The molecule has 0 radical (unpaired) electrons. The van der Waals surface area contributed by atoms with Gasteiger partial charge in [0.15, 0.2) is 0 Å². The smallest absolute Gasteiger partial charge is 0.249 e. The van der Waals surface area contributed by atoms with Crippen molar-refractivity contribution in [2.24, 2.45) is 0 Å². The summed E-state index contributed by atoms with van der Waals surface area (Å²) in [6.45, 7) is 0.395. The standard InChI is InChI=1S/C22H19N5O2S/c28-19-11-10-18(27(19)13-15-12-23-17-9-5-4-8-16(15)17)20(29)24-22-26-25-21(30-22)14-6-2-1-3-7-14/h1-9,12,18,23H,10-11,13H2,(H,24,26,29). The Morgan fingerprint density at radius 1 is 1.13 bits per heavy atom. The fraction of sp³-hybridized carbons (Fsp3) is 0.182. The molecule has 2 amide bonds. The lowest BCUT2D eigenvalue weighted by molar-refractivity contribution is -0.133. The maximum Gasteiger partial charge on any atom is 0.249 e. The van der Waals surface area contributed by atoms with Crippen LogP contribution in [0.15, 0.2) is 60.8 Å². The highest BCUT2D eigenvalue weighted by Gasteiger charge is 2.36. The maximum absolute atomic E-state index is 12.9. The summed E-state index contributed by atoms with van der Waals surface area (Å²) in [5, 5.41) is 13.3. The van der Waals surface area contributed by atoms with E-state index in [1.54, 1.807) is 4.90 Å². The Bertz CT molecular complexity index is 1220. The van der Waals surface area contributed by atoms with Crippen molar-refractivity contribution in [3.63, 3.8) is 0 Å². The van der Waals surface area contributed by atoms with Crippen molar-refractivity contribution in [3.05, 3.63) is 66.4 Å². The fourth-order valence-corrected chi connectivity index (χ4v) is 4.56. The second-order valence-corrected chi connectivity index (χ2v) is 8.18. The SMILES string of the molecule is O=C(Nc1nnc(-c2ccccc2)s1)C1CCC(=O)N1Cc1c[nH]c2ccccc12. The molecule has 1 aliphatic heterocycles. The third kappa shape index (κ3) is 3.46. The molecule has 2 N–H and O–H groups in total. The summed E-state index contributed by atoms with van der Waals surface area (Å²) >= 11 is 1.32. The van der Waals surface area contributed by atoms with Crippen molar-refractivity contribution in [2.45, 2.75) is 25.4 Å². The first-order valence-corrected chi connectivity index (χ1v) is 10.5. The average Bonchev–Trinajstić information content (AvgIpc) is 3.49. The van der Waals surface area contributed by atoms with E-state index in [1.807, 2.05) is 60.8 Å². The number of amides is 2. The maximum atomic E-state index is 12.9. The minimum absolute atomic E-state index is 0.0114. The zero-order valence-electron chi connectivity index (χ0n) is 16.0. The van der Waals surface area contributed by atoms with Gasteiger partial charge in [-0.15, -0.1) is 10.2 Å². The van der Waals surface area contributed by atoms with E-state index in [0.717, 1.165) is 27.0 Å². The third-order valence-corrected chi connectivity index (χ3v) is 6.21. The number of likely N-dealkylation sites (tertiary alicyclic amines) is 1. The predicted molar refractivity (Wildman–Crippen MR) is 116 cm³/mol. The minimum Gasteiger partial charge on any atom is -0.361 e. The lowest BCUT2D eigenvalue weighted by Gasteiger charge is -2.23. The van der Waals surface area contributed by atoms with Crippen LogP contribution in [0.4, 0.5) is 5.13 Å². The summed E-state index contributed by atoms with van der Waals surface area (Å²) in [4.78, 5) is 30.3. The molecule has 150 valence electrons. The Labute approximate surface area is 176 Å². The number of anilines is 1. The second kappa shape index (κ2) is 7.72. The molecule has 1 saturated heterocycles. The molecule has 8 heteroatoms. The van der Waals surface area contributed by atoms with Crippen LogP contribution in [-0.4, -0.2) is 37.9 Å². The molecular formula is C22H19N5O2S. The predicted octanol–water partition coefficient (Wildman–Crippen LogP) is 3.82. The molecule has 0 bridgehead atoms. The highest BCUT2D eigenvalue weighted by Crippen LogP contribution is 2.29. The van der Waals surface area contributed by atoms with Crippen LogP contribution in [0.5, 0.6) is 0 Å². The van der Waals surface area contributed by atoms with Gasteiger partial charge in [0.05, 0.1) is 0 Å². The monoisotopic (exact) mass is 417 g/mol. The van der Waals surface area contributed by atoms with E-state index < -0.39 is 6.04 Å². The number of carbonyl (C=O) groups is 2. The summed E-state index contributed by atoms with van der Waals surface area (Å²) < 4.78 is 0. The van der Waals surface area contributed by atoms with Gasteiger partial charge in [0.2, 0.25) is 16.9 Å². The largest absolute Gasteiger partial charge is 0.361 e. The molecule has 7 nitrogen and oxygen atoms in total. The number of rotatable bonds is 5. The van der Waals surface area contributed by atoms with Gasteiger partial charge in [0, 0.05) is 35.6 Å². The first-order valence-electron chi connectivity index (χ1n) is 9.73. The van der Waals surface area contributed by atoms with Crippen LogP contribution >= 0.6 is 11.3 Å². The van der Waals surface area contributed by atoms with Crippen LogP contribution in [0.25, 0.3) is 21.5 Å². The summed E-state index contributed by atoms with van der Waals surface area (Å²) in [6, 6.07) is 17.1. The van der Waals surface area contributed by atoms with Gasteiger partial charge in [-0.05, 0) is 18.1 Å². The van der Waals surface area contributed by atoms with Crippen LogP contribution in [-0.2, 0) is 16.1 Å². The molecule has 2 aromatic carbocycles. The number of hydrogen-bond acceptors (Lipinski definition) is 5. The lowest BCUT2D eigenvalue weighted by atomic mass is 10.1. The van der Waals surface area contributed by atoms with E-state index in [-0.39, 0.29) is 11.8 Å². The zero-order valence-corrected chi connectivity index (χ0v) is 16.9. The van der Waals surface area contributed by atoms with E-state index in [1.165, 1.54) is 11.3 Å². The Balaban J connectivity index is 1.32. The van der Waals surface area contributed by atoms with Gasteiger partial charge in [-0.25, -0.2) is 0 Å². The van der Waals surface area contributed by atoms with Crippen molar-refractivity contribution >= 4 is 39.2 Å². The molecule has 0 saturated carbocycles. The lowest BCUT2D eigenvalue weighted by Crippen LogP contribution is -2.41. The molecule has 1 aliphatic rings. The molecule has 0 aliphatic carbocycles. The number of aromatic amines is 1. The highest BCUT2D eigenvalue weighted by atomic mass is 32.1. The molecule has 3 heterocycles. The molecule has 1 unspecified atom stereocenters. The number of para-hydroxylation sites is 1. The fourth-order valence-electron chi connectivity index (χ4n) is 3.81. The van der Waals surface area contributed by atoms with Gasteiger partial charge in [0.25, 0.3) is 0 Å². The number of nitrogens with one attached hydrogen (secondary N) is 2. The minimum atomic E-state index is -0.518. The van der Waals surface area contributed by atoms with E-state index in [2.05, 4.69) is 20.5 Å². The van der Waals surface area contributed by atoms with Crippen LogP contribution in [0.3, 0.4) is 0 Å². The number of hydrogen-bond donors (Lipinski definition) is 2. The summed E-state index contributed by atoms with van der Waals surface area (Å²) in [7, 11) is 0. The summed E-state index contributed by atoms with van der Waals surface area (Å²) in [5.74, 6) is -0.237. The van der Waals surface area contributed by atoms with Gasteiger partial charge < -0.3 is 9.88 Å². The third-order valence-electron chi connectivity index (χ3n) is 5.32. The molecule has 5 rings (SSSR count). The molecule has 1 fully saturated rings. The van der Waals surface area contributed by atoms with Gasteiger partial charge in [-0.1, -0.05) is 59.9 Å². The first-order chi connectivity index (χ1) is 14.7. The Hall–Kier alpha value is -3.52. The van der Waals surface area contributed by atoms with Crippen LogP contribution < -0.4 is 5.32 Å². The Kier molecular flexibility index (Phi) is 4.76. The number of H-pyrrole nitrogens is 1. The quantitative estimate of drug-likeness (QED) is 0.517. The van der Waals surface area contributed by atoms with Crippen LogP contribution in [0.1, 0.15) is 18.4 Å². The van der Waals surface area contributed by atoms with Crippen molar-refractivity contribution in [1.82, 2.24) is 20.1 Å². The van der Waals surface area contributed by atoms with E-state index in [4.69, 9.17) is 0 Å². The van der Waals surface area contributed by atoms with Crippen LogP contribution in [0.2, 0.25) is 0 Å². The number of carbonyl (C=O) groups excluding carboxylic acids is 2. The number of aromatic nitrogens is 3. The molecular weight excluding hydrogens is 398 g/mol. The number of benzene rings is 2. The second-order valence-electron chi connectivity index (χ2n) is 7.20. The van der Waals surface area contributed by atoms with Crippen molar-refractivity contribution in [1.29, 1.82) is 0 Å². The molecule has 1 atom stereocenters. The Morgan fingerprint density at radius 3 is 2.80 bits per heavy atom. The van der Waals surface area contributed by atoms with Gasteiger partial charge >= 0.3 is 0 Å². The number of nitrogens with zero attached hydrogens (tertiary/aromatic N) is 3. The van der Waals surface area contributed by atoms with E-state index >= 15 is 0 Å². The summed E-state index contributed by atoms with van der Waals surface area (Å²) in [5.41, 5.74) is 2.97. The van der Waals surface area contributed by atoms with Gasteiger partial charge in [-0.2, -0.15) is 0 Å². The molecule has 0 spiro atoms. The van der Waals surface area contributed by atoms with Crippen molar-refractivity contribution in [3.8, 4) is 10.6 Å². The average molecular weight is 417 g/mol. The summed E-state index contributed by atoms with van der Waals surface area (Å²) in [6.07, 6.45) is 2.77. The van der Waals surface area contributed by atoms with Crippen molar-refractivity contribution < 1.29 is 9.59 Å². The normalized spacial score (nSPS) is 16.3. The highest BCUT2D eigenvalue weighted by molar-refractivity contribution is 7.18. The zero-order chi connectivity index (χ0) is 20.5. The van der Waals surface area contributed by atoms with Crippen LogP contribution in [0, 0.1) is 0 Å². The van der Waals surface area contributed by atoms with E-state index in [0.29, 0.717) is 24.5 Å². The van der Waals surface area contributed by atoms with Crippen molar-refractivity contribution in [2.75, 3.05) is 5.32 Å².